The number of ether oxygens (including phenoxy) is 1. The van der Waals surface area contributed by atoms with Gasteiger partial charge in [0, 0.05) is 11.6 Å². The first-order valence-electron chi connectivity index (χ1n) is 6.32. The third-order valence-electron chi connectivity index (χ3n) is 3.05. The summed E-state index contributed by atoms with van der Waals surface area (Å²) in [4.78, 5) is 0. The minimum absolute atomic E-state index is 0.415. The van der Waals surface area contributed by atoms with Gasteiger partial charge >= 0.3 is 0 Å². The molecule has 5 nitrogen and oxygen atoms in total. The molecule has 0 aliphatic rings. The minimum atomic E-state index is -3.43. The monoisotopic (exact) mass is 297 g/mol. The number of hydrogen-bond donors (Lipinski definition) is 0. The molecule has 0 saturated heterocycles. The smallest absolute Gasteiger partial charge is 0.264 e. The molecule has 1 aromatic carbocycles. The van der Waals surface area contributed by atoms with Gasteiger partial charge < -0.3 is 9.30 Å². The maximum Gasteiger partial charge on any atom is 0.264 e. The van der Waals surface area contributed by atoms with Crippen molar-refractivity contribution in [1.29, 1.82) is 0 Å². The van der Waals surface area contributed by atoms with Gasteiger partial charge in [-0.3, -0.25) is 4.18 Å². The van der Waals surface area contributed by atoms with E-state index in [1.165, 1.54) is 0 Å². The van der Waals surface area contributed by atoms with Crippen LogP contribution >= 0.6 is 0 Å². The highest BCUT2D eigenvalue weighted by Gasteiger charge is 2.13. The molecule has 0 aliphatic heterocycles. The molecule has 0 spiro atoms. The van der Waals surface area contributed by atoms with Crippen LogP contribution in [-0.4, -0.2) is 32.5 Å². The van der Waals surface area contributed by atoms with Crippen molar-refractivity contribution in [2.75, 3.05) is 13.4 Å². The average Bonchev–Trinajstić information content (AvgIpc) is 2.70. The third-order valence-corrected chi connectivity index (χ3v) is 3.73. The molecule has 0 radical (unpaired) electrons. The first-order valence-corrected chi connectivity index (χ1v) is 8.13. The average molecular weight is 297 g/mol. The van der Waals surface area contributed by atoms with Crippen LogP contribution in [0, 0.1) is 6.92 Å². The maximum atomic E-state index is 11.1. The highest BCUT2D eigenvalue weighted by molar-refractivity contribution is 7.86. The first-order chi connectivity index (χ1) is 9.30. The summed E-state index contributed by atoms with van der Waals surface area (Å²) in [6.45, 7) is 4.22. The van der Waals surface area contributed by atoms with Crippen molar-refractivity contribution in [1.82, 2.24) is 4.57 Å². The molecule has 1 aromatic heterocycles. The zero-order valence-corrected chi connectivity index (χ0v) is 12.9. The summed E-state index contributed by atoms with van der Waals surface area (Å²) in [6.07, 6.45) is 2.58. The lowest BCUT2D eigenvalue weighted by Crippen LogP contribution is -2.19. The van der Waals surface area contributed by atoms with Crippen LogP contribution in [0.2, 0.25) is 0 Å². The Balaban J connectivity index is 2.32. The number of benzene rings is 1. The van der Waals surface area contributed by atoms with Gasteiger partial charge in [-0.05, 0) is 37.6 Å². The van der Waals surface area contributed by atoms with Gasteiger partial charge in [0.1, 0.15) is 5.75 Å². The van der Waals surface area contributed by atoms with E-state index in [2.05, 4.69) is 0 Å². The van der Waals surface area contributed by atoms with Gasteiger partial charge in [-0.25, -0.2) is 0 Å². The van der Waals surface area contributed by atoms with E-state index in [0.29, 0.717) is 6.54 Å². The van der Waals surface area contributed by atoms with Crippen LogP contribution in [0.25, 0.3) is 10.9 Å². The molecular formula is C14H19NO4S. The number of aromatic nitrogens is 1. The lowest BCUT2D eigenvalue weighted by atomic mass is 10.1. The van der Waals surface area contributed by atoms with Crippen molar-refractivity contribution >= 4 is 21.0 Å². The number of nitrogens with zero attached hydrogens (tertiary/aromatic N) is 1. The fourth-order valence-electron chi connectivity index (χ4n) is 2.41. The molecule has 2 aromatic rings. The molecule has 1 atom stereocenters. The molecule has 0 N–H and O–H groups in total. The summed E-state index contributed by atoms with van der Waals surface area (Å²) in [5, 5.41) is 1.06. The van der Waals surface area contributed by atoms with E-state index in [9.17, 15) is 8.42 Å². The molecule has 0 bridgehead atoms. The summed E-state index contributed by atoms with van der Waals surface area (Å²) in [6, 6.07) is 5.90. The molecule has 0 aliphatic carbocycles. The zero-order chi connectivity index (χ0) is 14.9. The summed E-state index contributed by atoms with van der Waals surface area (Å²) < 4.78 is 34.5. The molecular weight excluding hydrogens is 278 g/mol. The number of fused-ring (bicyclic) bond motifs is 1. The van der Waals surface area contributed by atoms with Gasteiger partial charge in [-0.1, -0.05) is 0 Å². The van der Waals surface area contributed by atoms with E-state index in [1.54, 1.807) is 14.0 Å². The minimum Gasteiger partial charge on any atom is -0.497 e. The van der Waals surface area contributed by atoms with Crippen LogP contribution in [0.3, 0.4) is 0 Å². The number of hydrogen-bond acceptors (Lipinski definition) is 4. The van der Waals surface area contributed by atoms with Crippen molar-refractivity contribution in [3.63, 3.8) is 0 Å². The standard InChI is InChI=1S/C14H19NO4S/c1-10-7-13(18-3)8-12-5-6-15(14(10)12)9-11(2)19-20(4,16)17/h5-8,11H,9H2,1-4H3/t11-/m0/s1. The van der Waals surface area contributed by atoms with Crippen molar-refractivity contribution in [3.05, 3.63) is 30.0 Å². The highest BCUT2D eigenvalue weighted by Crippen LogP contribution is 2.26. The largest absolute Gasteiger partial charge is 0.497 e. The van der Waals surface area contributed by atoms with Crippen LogP contribution in [-0.2, 0) is 20.8 Å². The predicted octanol–water partition coefficient (Wildman–Crippen LogP) is 2.32. The van der Waals surface area contributed by atoms with Gasteiger partial charge in [-0.15, -0.1) is 0 Å². The van der Waals surface area contributed by atoms with E-state index >= 15 is 0 Å². The second-order valence-corrected chi connectivity index (χ2v) is 6.56. The number of aryl methyl sites for hydroxylation is 1. The van der Waals surface area contributed by atoms with Crippen LogP contribution < -0.4 is 4.74 Å². The van der Waals surface area contributed by atoms with Gasteiger partial charge in [0.25, 0.3) is 10.1 Å². The summed E-state index contributed by atoms with van der Waals surface area (Å²) >= 11 is 0. The van der Waals surface area contributed by atoms with Crippen LogP contribution in [0.4, 0.5) is 0 Å². The van der Waals surface area contributed by atoms with E-state index in [1.807, 2.05) is 35.9 Å². The van der Waals surface area contributed by atoms with E-state index in [0.717, 1.165) is 28.5 Å². The zero-order valence-electron chi connectivity index (χ0n) is 12.1. The Hall–Kier alpha value is -1.53. The first kappa shape index (κ1) is 14.9. The van der Waals surface area contributed by atoms with Crippen molar-refractivity contribution < 1.29 is 17.3 Å². The molecule has 1 heterocycles. The van der Waals surface area contributed by atoms with E-state index in [-0.39, 0.29) is 0 Å². The van der Waals surface area contributed by atoms with Gasteiger partial charge in [0.2, 0.25) is 0 Å². The Morgan fingerprint density at radius 1 is 1.35 bits per heavy atom. The Labute approximate surface area is 119 Å². The van der Waals surface area contributed by atoms with Crippen LogP contribution in [0.15, 0.2) is 24.4 Å². The molecule has 0 saturated carbocycles. The molecule has 6 heteroatoms. The Morgan fingerprint density at radius 2 is 2.05 bits per heavy atom. The maximum absolute atomic E-state index is 11.1. The van der Waals surface area contributed by atoms with Gasteiger partial charge in [0.05, 0.1) is 31.5 Å². The second-order valence-electron chi connectivity index (χ2n) is 4.96. The fourth-order valence-corrected chi connectivity index (χ4v) is 3.07. The van der Waals surface area contributed by atoms with Crippen LogP contribution in [0.5, 0.6) is 5.75 Å². The fraction of sp³-hybridized carbons (Fsp3) is 0.429. The number of rotatable bonds is 5. The molecule has 0 amide bonds. The summed E-state index contributed by atoms with van der Waals surface area (Å²) in [5.74, 6) is 0.813. The molecule has 0 unspecified atom stereocenters. The molecule has 110 valence electrons. The second kappa shape index (κ2) is 5.46. The molecule has 20 heavy (non-hydrogen) atoms. The summed E-state index contributed by atoms with van der Waals surface area (Å²) in [7, 11) is -1.80. The molecule has 2 rings (SSSR count). The predicted molar refractivity (Wildman–Crippen MR) is 78.6 cm³/mol. The van der Waals surface area contributed by atoms with Gasteiger partial charge in [0.15, 0.2) is 0 Å². The van der Waals surface area contributed by atoms with Crippen LogP contribution in [0.1, 0.15) is 12.5 Å². The highest BCUT2D eigenvalue weighted by atomic mass is 32.2. The topological polar surface area (TPSA) is 57.5 Å². The summed E-state index contributed by atoms with van der Waals surface area (Å²) in [5.41, 5.74) is 2.14. The van der Waals surface area contributed by atoms with E-state index in [4.69, 9.17) is 8.92 Å². The SMILES string of the molecule is COc1cc(C)c2c(ccn2C[C@H](C)OS(C)(=O)=O)c1. The van der Waals surface area contributed by atoms with Crippen molar-refractivity contribution in [2.24, 2.45) is 0 Å². The van der Waals surface area contributed by atoms with E-state index < -0.39 is 16.2 Å². The normalized spacial score (nSPS) is 13.6. The Kier molecular flexibility index (Phi) is 4.06. The molecule has 0 fully saturated rings. The Morgan fingerprint density at radius 3 is 2.65 bits per heavy atom. The number of methoxy groups -OCH3 is 1. The quantitative estimate of drug-likeness (QED) is 0.795. The van der Waals surface area contributed by atoms with Gasteiger partial charge in [-0.2, -0.15) is 8.42 Å². The Bertz CT molecular complexity index is 718. The lowest BCUT2D eigenvalue weighted by Gasteiger charge is -2.14. The lowest BCUT2D eigenvalue weighted by molar-refractivity contribution is 0.211. The third kappa shape index (κ3) is 3.32. The van der Waals surface area contributed by atoms with Crippen molar-refractivity contribution in [3.8, 4) is 5.75 Å². The van der Waals surface area contributed by atoms with Crippen molar-refractivity contribution in [2.45, 2.75) is 26.5 Å².